The van der Waals surface area contributed by atoms with Crippen LogP contribution in [0, 0.1) is 24.2 Å². The lowest BCUT2D eigenvalue weighted by Gasteiger charge is -2.32. The zero-order chi connectivity index (χ0) is 15.1. The summed E-state index contributed by atoms with van der Waals surface area (Å²) in [7, 11) is 0. The first-order valence-corrected chi connectivity index (χ1v) is 7.78. The van der Waals surface area contributed by atoms with Gasteiger partial charge >= 0.3 is 0 Å². The van der Waals surface area contributed by atoms with E-state index in [1.807, 2.05) is 25.3 Å². The number of rotatable bonds is 1. The van der Waals surface area contributed by atoms with Crippen LogP contribution in [0.4, 0.5) is 0 Å². The lowest BCUT2D eigenvalue weighted by molar-refractivity contribution is -0.117. The highest BCUT2D eigenvalue weighted by Gasteiger charge is 2.40. The second kappa shape index (κ2) is 5.05. The van der Waals surface area contributed by atoms with Crippen molar-refractivity contribution in [1.29, 1.82) is 5.26 Å². The molecule has 0 spiro atoms. The van der Waals surface area contributed by atoms with Crippen LogP contribution in [-0.2, 0) is 9.53 Å². The van der Waals surface area contributed by atoms with Gasteiger partial charge in [-0.15, -0.1) is 11.3 Å². The van der Waals surface area contributed by atoms with Gasteiger partial charge in [-0.1, -0.05) is 6.92 Å². The molecule has 4 nitrogen and oxygen atoms in total. The van der Waals surface area contributed by atoms with Crippen LogP contribution >= 0.6 is 11.3 Å². The molecule has 0 saturated heterocycles. The Balaban J connectivity index is 2.20. The molecule has 0 aromatic carbocycles. The monoisotopic (exact) mass is 300 g/mol. The van der Waals surface area contributed by atoms with E-state index in [0.717, 1.165) is 10.4 Å². The van der Waals surface area contributed by atoms with Crippen LogP contribution < -0.4 is 5.73 Å². The summed E-state index contributed by atoms with van der Waals surface area (Å²) in [4.78, 5) is 13.5. The first kappa shape index (κ1) is 13.9. The molecular weight excluding hydrogens is 284 g/mol. The van der Waals surface area contributed by atoms with Crippen molar-refractivity contribution in [1.82, 2.24) is 0 Å². The first-order chi connectivity index (χ1) is 10.0. The van der Waals surface area contributed by atoms with Gasteiger partial charge in [0.15, 0.2) is 5.78 Å². The molecule has 1 aliphatic heterocycles. The molecule has 1 aromatic heterocycles. The van der Waals surface area contributed by atoms with E-state index in [4.69, 9.17) is 10.5 Å². The molecule has 1 aliphatic carbocycles. The van der Waals surface area contributed by atoms with Gasteiger partial charge in [-0.2, -0.15) is 5.26 Å². The van der Waals surface area contributed by atoms with Crippen LogP contribution in [0.3, 0.4) is 0 Å². The number of nitrogens with zero attached hydrogens (tertiary/aromatic N) is 1. The maximum Gasteiger partial charge on any atom is 0.205 e. The Morgan fingerprint density at radius 1 is 1.48 bits per heavy atom. The Bertz CT molecular complexity index is 721. The summed E-state index contributed by atoms with van der Waals surface area (Å²) >= 11 is 1.55. The number of allylic oxidation sites excluding steroid dienone is 3. The normalized spacial score (nSPS) is 25.5. The largest absolute Gasteiger partial charge is 0.444 e. The number of carbonyl (C=O) groups excluding carboxylic acids is 1. The molecule has 2 atom stereocenters. The highest BCUT2D eigenvalue weighted by molar-refractivity contribution is 7.10. The van der Waals surface area contributed by atoms with Crippen LogP contribution in [0.2, 0.25) is 0 Å². The molecule has 0 amide bonds. The van der Waals surface area contributed by atoms with E-state index in [1.54, 1.807) is 11.3 Å². The van der Waals surface area contributed by atoms with Crippen molar-refractivity contribution in [2.45, 2.75) is 32.6 Å². The van der Waals surface area contributed by atoms with E-state index < -0.39 is 0 Å². The number of thiophene rings is 1. The second-order valence-electron chi connectivity index (χ2n) is 5.67. The fraction of sp³-hybridized carbons (Fsp3) is 0.375. The average Bonchev–Trinajstić information content (AvgIpc) is 2.82. The van der Waals surface area contributed by atoms with Gasteiger partial charge in [0.05, 0.1) is 5.92 Å². The Labute approximate surface area is 127 Å². The van der Waals surface area contributed by atoms with E-state index in [1.165, 1.54) is 0 Å². The van der Waals surface area contributed by atoms with E-state index in [-0.39, 0.29) is 23.5 Å². The van der Waals surface area contributed by atoms with Crippen molar-refractivity contribution in [3.05, 3.63) is 44.7 Å². The summed E-state index contributed by atoms with van der Waals surface area (Å²) in [5, 5.41) is 11.4. The van der Waals surface area contributed by atoms with Crippen molar-refractivity contribution < 1.29 is 9.53 Å². The quantitative estimate of drug-likeness (QED) is 0.864. The van der Waals surface area contributed by atoms with E-state index in [0.29, 0.717) is 29.7 Å². The van der Waals surface area contributed by atoms with Gasteiger partial charge in [-0.05, 0) is 29.9 Å². The predicted octanol–water partition coefficient (Wildman–Crippen LogP) is 3.12. The maximum absolute atomic E-state index is 12.5. The third-order valence-corrected chi connectivity index (χ3v) is 5.11. The van der Waals surface area contributed by atoms with Crippen LogP contribution in [0.1, 0.15) is 36.1 Å². The number of ketones is 1. The molecule has 0 unspecified atom stereocenters. The first-order valence-electron chi connectivity index (χ1n) is 6.90. The number of Topliss-reactive ketones (excluding diaryl/α,β-unsaturated/α-hetero) is 1. The molecule has 0 bridgehead atoms. The second-order valence-corrected chi connectivity index (χ2v) is 6.61. The van der Waals surface area contributed by atoms with Gasteiger partial charge in [0.1, 0.15) is 17.4 Å². The lowest BCUT2D eigenvalue weighted by Crippen LogP contribution is -2.29. The molecule has 0 saturated carbocycles. The number of nitrogens with two attached hydrogens (primary N) is 1. The summed E-state index contributed by atoms with van der Waals surface area (Å²) in [6.07, 6.45) is 1.20. The average molecular weight is 300 g/mol. The number of carbonyl (C=O) groups is 1. The molecule has 2 heterocycles. The summed E-state index contributed by atoms with van der Waals surface area (Å²) in [6.45, 7) is 4.01. The number of ether oxygens (including phenoxy) is 1. The number of hydrogen-bond donors (Lipinski definition) is 1. The van der Waals surface area contributed by atoms with Gasteiger partial charge in [0, 0.05) is 23.3 Å². The van der Waals surface area contributed by atoms with Crippen molar-refractivity contribution in [2.75, 3.05) is 0 Å². The number of hydrogen-bond acceptors (Lipinski definition) is 5. The summed E-state index contributed by atoms with van der Waals surface area (Å²) in [5.41, 5.74) is 7.98. The van der Waals surface area contributed by atoms with Gasteiger partial charge in [0.2, 0.25) is 5.88 Å². The third-order valence-electron chi connectivity index (χ3n) is 4.03. The summed E-state index contributed by atoms with van der Waals surface area (Å²) < 4.78 is 5.60. The Morgan fingerprint density at radius 3 is 2.86 bits per heavy atom. The van der Waals surface area contributed by atoms with Crippen LogP contribution in [0.15, 0.2) is 34.2 Å². The molecule has 5 heteroatoms. The topological polar surface area (TPSA) is 76.1 Å². The minimum Gasteiger partial charge on any atom is -0.444 e. The molecular formula is C16H16N2O2S. The standard InChI is InChI=1S/C16H16N2O2S/c1-8-5-11(19)14-12(6-8)20-16(18)10(7-17)13(14)15-9(2)3-4-21-15/h3-4,8,13H,5-6,18H2,1-2H3/t8-,13+/m1/s1. The molecule has 21 heavy (non-hydrogen) atoms. The van der Waals surface area contributed by atoms with Crippen molar-refractivity contribution in [3.8, 4) is 6.07 Å². The fourth-order valence-electron chi connectivity index (χ4n) is 3.04. The maximum atomic E-state index is 12.5. The van der Waals surface area contributed by atoms with E-state index >= 15 is 0 Å². The Morgan fingerprint density at radius 2 is 2.24 bits per heavy atom. The van der Waals surface area contributed by atoms with Gasteiger partial charge in [0.25, 0.3) is 0 Å². The van der Waals surface area contributed by atoms with Crippen LogP contribution in [0.25, 0.3) is 0 Å². The van der Waals surface area contributed by atoms with Crippen LogP contribution in [-0.4, -0.2) is 5.78 Å². The summed E-state index contributed by atoms with van der Waals surface area (Å²) in [6, 6.07) is 4.13. The highest BCUT2D eigenvalue weighted by atomic mass is 32.1. The van der Waals surface area contributed by atoms with Crippen LogP contribution in [0.5, 0.6) is 0 Å². The Kier molecular flexibility index (Phi) is 3.34. The molecule has 2 N–H and O–H groups in total. The minimum atomic E-state index is -0.362. The SMILES string of the molecule is Cc1ccsc1[C@H]1C(C#N)=C(N)OC2=C1C(=O)C[C@@H](C)C2. The van der Waals surface area contributed by atoms with Gasteiger partial charge in [-0.25, -0.2) is 0 Å². The van der Waals surface area contributed by atoms with Crippen molar-refractivity contribution in [2.24, 2.45) is 11.7 Å². The zero-order valence-electron chi connectivity index (χ0n) is 12.0. The molecule has 3 rings (SSSR count). The molecule has 0 fully saturated rings. The molecule has 1 aromatic rings. The number of nitriles is 1. The number of aryl methyl sites for hydroxylation is 1. The van der Waals surface area contributed by atoms with E-state index in [2.05, 4.69) is 6.07 Å². The smallest absolute Gasteiger partial charge is 0.205 e. The predicted molar refractivity (Wildman–Crippen MR) is 80.1 cm³/mol. The lowest BCUT2D eigenvalue weighted by atomic mass is 9.77. The van der Waals surface area contributed by atoms with E-state index in [9.17, 15) is 10.1 Å². The van der Waals surface area contributed by atoms with Crippen molar-refractivity contribution >= 4 is 17.1 Å². The summed E-state index contributed by atoms with van der Waals surface area (Å²) in [5.74, 6) is 0.738. The zero-order valence-corrected chi connectivity index (χ0v) is 12.8. The van der Waals surface area contributed by atoms with Crippen molar-refractivity contribution in [3.63, 3.8) is 0 Å². The van der Waals surface area contributed by atoms with Gasteiger partial charge < -0.3 is 10.5 Å². The Hall–Kier alpha value is -2.06. The molecule has 108 valence electrons. The third kappa shape index (κ3) is 2.16. The minimum absolute atomic E-state index is 0.0711. The highest BCUT2D eigenvalue weighted by Crippen LogP contribution is 2.46. The molecule has 0 radical (unpaired) electrons. The molecule has 2 aliphatic rings. The van der Waals surface area contributed by atoms with Gasteiger partial charge in [-0.3, -0.25) is 4.79 Å². The fourth-order valence-corrected chi connectivity index (χ4v) is 4.08.